The Hall–Kier alpha value is -1.24. The van der Waals surface area contributed by atoms with Gasteiger partial charge in [0.15, 0.2) is 0 Å². The summed E-state index contributed by atoms with van der Waals surface area (Å²) in [5.41, 5.74) is 0.968. The van der Waals surface area contributed by atoms with Crippen molar-refractivity contribution in [3.63, 3.8) is 0 Å². The average molecular weight is 460 g/mol. The topological polar surface area (TPSA) is 38.7 Å². The molecule has 0 unspecified atom stereocenters. The van der Waals surface area contributed by atoms with Crippen molar-refractivity contribution < 1.29 is 36.0 Å². The predicted octanol–water partition coefficient (Wildman–Crippen LogP) is 0.300. The Bertz CT molecular complexity index is 743. The number of hydrogen-bond donors (Lipinski definition) is 1. The number of aliphatic hydroxyl groups is 1. The van der Waals surface area contributed by atoms with Crippen LogP contribution in [-0.4, -0.2) is 55.3 Å². The zero-order valence-corrected chi connectivity index (χ0v) is 18.4. The molecule has 2 bridgehead atoms. The van der Waals surface area contributed by atoms with Crippen molar-refractivity contribution in [1.82, 2.24) is 0 Å². The van der Waals surface area contributed by atoms with Crippen LogP contribution in [0.2, 0.25) is 0 Å². The number of piperidine rings is 3. The van der Waals surface area contributed by atoms with E-state index in [4.69, 9.17) is 9.47 Å². The van der Waals surface area contributed by atoms with Crippen LogP contribution in [0.4, 0.5) is 0 Å². The Morgan fingerprint density at radius 2 is 1.28 bits per heavy atom. The lowest BCUT2D eigenvalue weighted by atomic mass is 9.56. The van der Waals surface area contributed by atoms with Crippen molar-refractivity contribution in [2.24, 2.45) is 5.41 Å². The Labute approximate surface area is 183 Å². The van der Waals surface area contributed by atoms with Crippen LogP contribution in [0.25, 0.3) is 0 Å². The molecule has 4 aliphatic rings. The molecule has 29 heavy (non-hydrogen) atoms. The molecule has 0 aliphatic carbocycles. The van der Waals surface area contributed by atoms with Gasteiger partial charge in [-0.1, -0.05) is 60.7 Å². The second-order valence-corrected chi connectivity index (χ2v) is 8.84. The van der Waals surface area contributed by atoms with Crippen molar-refractivity contribution in [1.29, 1.82) is 0 Å². The molecule has 2 aromatic carbocycles. The molecule has 2 aromatic rings. The summed E-state index contributed by atoms with van der Waals surface area (Å²) in [6.07, 6.45) is 3.03. The van der Waals surface area contributed by atoms with Gasteiger partial charge in [0.2, 0.25) is 6.29 Å². The highest BCUT2D eigenvalue weighted by atomic mass is 79.9. The van der Waals surface area contributed by atoms with Gasteiger partial charge in [0, 0.05) is 24.7 Å². The Balaban J connectivity index is 0.00000205. The fourth-order valence-electron chi connectivity index (χ4n) is 5.85. The first kappa shape index (κ1) is 21.0. The zero-order chi connectivity index (χ0) is 19.1. The molecule has 0 radical (unpaired) electrons. The molecular weight excluding hydrogens is 430 g/mol. The van der Waals surface area contributed by atoms with Gasteiger partial charge in [-0.15, -0.1) is 0 Å². The van der Waals surface area contributed by atoms with E-state index in [2.05, 4.69) is 24.3 Å². The smallest absolute Gasteiger partial charge is 0.207 e. The molecule has 6 rings (SSSR count). The number of fused-ring (bicyclic) bond motifs is 3. The molecule has 0 saturated carbocycles. The van der Waals surface area contributed by atoms with Crippen LogP contribution < -0.4 is 17.0 Å². The molecule has 4 saturated heterocycles. The van der Waals surface area contributed by atoms with Crippen LogP contribution >= 0.6 is 0 Å². The van der Waals surface area contributed by atoms with E-state index in [1.54, 1.807) is 0 Å². The normalized spacial score (nSPS) is 29.6. The first-order chi connectivity index (χ1) is 13.7. The van der Waals surface area contributed by atoms with Gasteiger partial charge >= 0.3 is 0 Å². The van der Waals surface area contributed by atoms with Crippen molar-refractivity contribution in [3.8, 4) is 0 Å². The maximum atomic E-state index is 12.4. The number of ether oxygens (including phenoxy) is 2. The zero-order valence-electron chi connectivity index (χ0n) is 16.8. The fraction of sp³-hybridized carbons (Fsp3) is 0.500. The minimum Gasteiger partial charge on any atom is -1.00 e. The van der Waals surface area contributed by atoms with Gasteiger partial charge in [-0.25, -0.2) is 0 Å². The molecule has 4 aliphatic heterocycles. The first-order valence-corrected chi connectivity index (χ1v) is 10.6. The summed E-state index contributed by atoms with van der Waals surface area (Å²) in [5, 5.41) is 12.4. The van der Waals surface area contributed by atoms with E-state index in [-0.39, 0.29) is 28.7 Å². The SMILES string of the molecule is OC(c1ccccc1)(c1ccccc1)C12CC[N+](CC3OCCO3)(CC1)CC2.[Br-]. The van der Waals surface area contributed by atoms with Gasteiger partial charge in [-0.05, 0) is 11.1 Å². The Morgan fingerprint density at radius 1 is 0.828 bits per heavy atom. The van der Waals surface area contributed by atoms with Crippen LogP contribution in [0.5, 0.6) is 0 Å². The van der Waals surface area contributed by atoms with Crippen molar-refractivity contribution in [3.05, 3.63) is 71.8 Å². The molecule has 156 valence electrons. The summed E-state index contributed by atoms with van der Waals surface area (Å²) >= 11 is 0. The quantitative estimate of drug-likeness (QED) is 0.653. The van der Waals surface area contributed by atoms with Crippen LogP contribution in [0.3, 0.4) is 0 Å². The van der Waals surface area contributed by atoms with E-state index >= 15 is 0 Å². The maximum Gasteiger partial charge on any atom is 0.207 e. The van der Waals surface area contributed by atoms with Crippen LogP contribution in [-0.2, 0) is 15.1 Å². The Kier molecular flexibility index (Phi) is 5.88. The standard InChI is InChI=1S/C24H30NO3.BrH/c26-24(20-7-3-1-4-8-20,21-9-5-2-6-10-21)23-11-14-25(15-12-23,16-13-23)19-22-27-17-18-28-22;/h1-10,22,26H,11-19H2;1H/q+1;/p-1. The molecule has 0 amide bonds. The van der Waals surface area contributed by atoms with Crippen LogP contribution in [0.1, 0.15) is 30.4 Å². The Morgan fingerprint density at radius 3 is 1.72 bits per heavy atom. The van der Waals surface area contributed by atoms with E-state index in [0.29, 0.717) is 0 Å². The summed E-state index contributed by atoms with van der Waals surface area (Å²) in [4.78, 5) is 0. The number of rotatable bonds is 5. The van der Waals surface area contributed by atoms with E-state index in [1.807, 2.05) is 36.4 Å². The number of halogens is 1. The summed E-state index contributed by atoms with van der Waals surface area (Å²) in [7, 11) is 0. The highest BCUT2D eigenvalue weighted by Gasteiger charge is 2.60. The lowest BCUT2D eigenvalue weighted by molar-refractivity contribution is -0.950. The van der Waals surface area contributed by atoms with E-state index in [9.17, 15) is 5.11 Å². The number of benzene rings is 2. The van der Waals surface area contributed by atoms with Crippen molar-refractivity contribution in [2.75, 3.05) is 39.4 Å². The lowest BCUT2D eigenvalue weighted by Gasteiger charge is -2.60. The predicted molar refractivity (Wildman–Crippen MR) is 108 cm³/mol. The van der Waals surface area contributed by atoms with E-state index in [1.165, 1.54) is 0 Å². The summed E-state index contributed by atoms with van der Waals surface area (Å²) in [5.74, 6) is 0. The third-order valence-electron chi connectivity index (χ3n) is 7.57. The van der Waals surface area contributed by atoms with Crippen LogP contribution in [0, 0.1) is 5.41 Å². The molecule has 5 heteroatoms. The largest absolute Gasteiger partial charge is 1.00 e. The van der Waals surface area contributed by atoms with Gasteiger partial charge in [0.1, 0.15) is 12.1 Å². The van der Waals surface area contributed by atoms with Crippen LogP contribution in [0.15, 0.2) is 60.7 Å². The molecule has 4 fully saturated rings. The first-order valence-electron chi connectivity index (χ1n) is 10.6. The molecule has 0 atom stereocenters. The van der Waals surface area contributed by atoms with Gasteiger partial charge in [-0.2, -0.15) is 0 Å². The average Bonchev–Trinajstić information content (AvgIpc) is 3.28. The van der Waals surface area contributed by atoms with Gasteiger partial charge < -0.3 is 36.0 Å². The molecular formula is C24H30BrNO3. The van der Waals surface area contributed by atoms with Crippen molar-refractivity contribution >= 4 is 0 Å². The minimum absolute atomic E-state index is 0. The highest BCUT2D eigenvalue weighted by Crippen LogP contribution is 2.57. The van der Waals surface area contributed by atoms with E-state index < -0.39 is 5.60 Å². The molecule has 1 N–H and O–H groups in total. The monoisotopic (exact) mass is 459 g/mol. The molecule has 0 aromatic heterocycles. The highest BCUT2D eigenvalue weighted by molar-refractivity contribution is 5.39. The number of quaternary nitrogens is 1. The number of hydrogen-bond acceptors (Lipinski definition) is 3. The molecule has 4 nitrogen and oxygen atoms in total. The number of nitrogens with zero attached hydrogens (tertiary/aromatic N) is 1. The molecule has 4 heterocycles. The van der Waals surface area contributed by atoms with Crippen molar-refractivity contribution in [2.45, 2.75) is 31.2 Å². The maximum absolute atomic E-state index is 12.4. The van der Waals surface area contributed by atoms with Gasteiger partial charge in [0.25, 0.3) is 0 Å². The second kappa shape index (κ2) is 8.12. The third-order valence-corrected chi connectivity index (χ3v) is 7.57. The summed E-state index contributed by atoms with van der Waals surface area (Å²) in [6.45, 7) is 5.65. The molecule has 0 spiro atoms. The van der Waals surface area contributed by atoms with Gasteiger partial charge in [-0.3, -0.25) is 0 Å². The van der Waals surface area contributed by atoms with Gasteiger partial charge in [0.05, 0.1) is 32.8 Å². The minimum atomic E-state index is -0.952. The van der Waals surface area contributed by atoms with E-state index in [0.717, 1.165) is 74.3 Å². The second-order valence-electron chi connectivity index (χ2n) is 8.84. The lowest BCUT2D eigenvalue weighted by Crippen LogP contribution is -3.00. The fourth-order valence-corrected chi connectivity index (χ4v) is 5.85. The summed E-state index contributed by atoms with van der Waals surface area (Å²) < 4.78 is 12.6. The third kappa shape index (κ3) is 3.47. The summed E-state index contributed by atoms with van der Waals surface area (Å²) in [6, 6.07) is 20.6.